The fourth-order valence-electron chi connectivity index (χ4n) is 3.32. The molecule has 0 bridgehead atoms. The summed E-state index contributed by atoms with van der Waals surface area (Å²) in [6.07, 6.45) is -0.669. The molecule has 0 aliphatic heterocycles. The van der Waals surface area contributed by atoms with Crippen molar-refractivity contribution in [1.82, 2.24) is 16.0 Å². The third kappa shape index (κ3) is 11.2. The molecule has 12 N–H and O–H groups in total. The van der Waals surface area contributed by atoms with Gasteiger partial charge >= 0.3 is 5.97 Å². The number of nitrogens with one attached hydrogen (secondary N) is 3. The first-order valence-corrected chi connectivity index (χ1v) is 11.7. The van der Waals surface area contributed by atoms with Gasteiger partial charge in [0.05, 0.1) is 18.6 Å². The lowest BCUT2D eigenvalue weighted by Crippen LogP contribution is -2.60. The average Bonchev–Trinajstić information content (AvgIpc) is 2.82. The van der Waals surface area contributed by atoms with Crippen LogP contribution in [0.25, 0.3) is 0 Å². The van der Waals surface area contributed by atoms with Gasteiger partial charge in [0.15, 0.2) is 0 Å². The Morgan fingerprint density at radius 1 is 0.919 bits per heavy atom. The normalized spacial score (nSPS) is 14.9. The molecule has 5 atom stereocenters. The van der Waals surface area contributed by atoms with E-state index in [1.54, 1.807) is 0 Å². The summed E-state index contributed by atoms with van der Waals surface area (Å²) >= 11 is 0. The number of hydrogen-bond donors (Lipinski definition) is 9. The first kappa shape index (κ1) is 31.3. The summed E-state index contributed by atoms with van der Waals surface area (Å²) in [5, 5.41) is 35.9. The third-order valence-electron chi connectivity index (χ3n) is 5.40. The first-order valence-electron chi connectivity index (χ1n) is 11.7. The highest BCUT2D eigenvalue weighted by atomic mass is 16.4. The molecule has 5 unspecified atom stereocenters. The summed E-state index contributed by atoms with van der Waals surface area (Å²) in [5.41, 5.74) is 16.8. The molecular weight excluding hydrogens is 488 g/mol. The second-order valence-corrected chi connectivity index (χ2v) is 8.62. The van der Waals surface area contributed by atoms with Crippen molar-refractivity contribution in [2.45, 2.75) is 69.3 Å². The molecule has 206 valence electrons. The number of unbranched alkanes of at least 4 members (excludes halogenated alkanes) is 1. The lowest BCUT2D eigenvalue weighted by atomic mass is 10.0. The highest BCUT2D eigenvalue weighted by Crippen LogP contribution is 2.12. The number of carbonyl (C=O) groups is 5. The zero-order valence-corrected chi connectivity index (χ0v) is 20.6. The van der Waals surface area contributed by atoms with Crippen LogP contribution in [-0.4, -0.2) is 81.7 Å². The Bertz CT molecular complexity index is 940. The number of aliphatic hydroxyl groups is 1. The van der Waals surface area contributed by atoms with Crippen molar-refractivity contribution in [3.63, 3.8) is 0 Å². The van der Waals surface area contributed by atoms with Gasteiger partial charge in [-0.3, -0.25) is 19.2 Å². The molecule has 14 heteroatoms. The molecule has 1 aromatic rings. The van der Waals surface area contributed by atoms with E-state index in [1.165, 1.54) is 31.2 Å². The summed E-state index contributed by atoms with van der Waals surface area (Å²) in [4.78, 5) is 61.1. The van der Waals surface area contributed by atoms with Gasteiger partial charge in [0, 0.05) is 6.42 Å². The lowest BCUT2D eigenvalue weighted by molar-refractivity contribution is -0.143. The number of rotatable bonds is 16. The quantitative estimate of drug-likeness (QED) is 0.100. The highest BCUT2D eigenvalue weighted by molar-refractivity contribution is 5.95. The molecule has 0 radical (unpaired) electrons. The number of hydrogen-bond acceptors (Lipinski definition) is 9. The SMILES string of the molecule is CC(O)C(NC(=O)C(N)CCCCN)C(=O)NC(Cc1ccc(O)cc1)C(=O)NC(CC(N)=O)C(=O)O. The predicted octanol–water partition coefficient (Wildman–Crippen LogP) is -2.81. The van der Waals surface area contributed by atoms with Gasteiger partial charge in [-0.15, -0.1) is 0 Å². The van der Waals surface area contributed by atoms with Crippen LogP contribution >= 0.6 is 0 Å². The van der Waals surface area contributed by atoms with E-state index in [2.05, 4.69) is 16.0 Å². The van der Waals surface area contributed by atoms with Gasteiger partial charge in [-0.05, 0) is 44.0 Å². The van der Waals surface area contributed by atoms with Crippen LogP contribution in [0.3, 0.4) is 0 Å². The maximum Gasteiger partial charge on any atom is 0.326 e. The Hall–Kier alpha value is -3.75. The van der Waals surface area contributed by atoms with E-state index in [1.807, 2.05) is 0 Å². The number of benzene rings is 1. The van der Waals surface area contributed by atoms with Crippen molar-refractivity contribution >= 4 is 29.6 Å². The van der Waals surface area contributed by atoms with E-state index in [-0.39, 0.29) is 12.2 Å². The first-order chi connectivity index (χ1) is 17.3. The smallest absolute Gasteiger partial charge is 0.326 e. The molecular formula is C23H36N6O8. The number of carboxylic acids is 1. The summed E-state index contributed by atoms with van der Waals surface area (Å²) in [6.45, 7) is 1.69. The van der Waals surface area contributed by atoms with Gasteiger partial charge in [-0.2, -0.15) is 0 Å². The largest absolute Gasteiger partial charge is 0.508 e. The van der Waals surface area contributed by atoms with E-state index in [9.17, 15) is 39.3 Å². The Kier molecular flexibility index (Phi) is 13.0. The van der Waals surface area contributed by atoms with Crippen LogP contribution in [0.2, 0.25) is 0 Å². The minimum atomic E-state index is -1.65. The standard InChI is InChI=1S/C23H36N6O8/c1-12(30)19(29-20(33)15(25)4-2-3-9-24)22(35)27-16(10-13-5-7-14(31)8-6-13)21(34)28-17(23(36)37)11-18(26)32/h5-8,12,15-17,19,30-31H,2-4,9-11,24-25H2,1H3,(H2,26,32)(H,27,35)(H,28,34)(H,29,33)(H,36,37). The van der Waals surface area contributed by atoms with Gasteiger partial charge in [0.2, 0.25) is 23.6 Å². The number of aliphatic hydroxyl groups excluding tert-OH is 1. The van der Waals surface area contributed by atoms with Crippen LogP contribution in [0.1, 0.15) is 38.2 Å². The van der Waals surface area contributed by atoms with E-state index in [0.717, 1.165) is 0 Å². The molecule has 0 saturated heterocycles. The van der Waals surface area contributed by atoms with Gasteiger partial charge < -0.3 is 48.5 Å². The predicted molar refractivity (Wildman–Crippen MR) is 132 cm³/mol. The molecule has 1 rings (SSSR count). The summed E-state index contributed by atoms with van der Waals surface area (Å²) in [7, 11) is 0. The number of phenolic OH excluding ortho intramolecular Hbond substituents is 1. The Balaban J connectivity index is 3.08. The maximum absolute atomic E-state index is 13.0. The Labute approximate surface area is 213 Å². The van der Waals surface area contributed by atoms with Crippen LogP contribution in [0.4, 0.5) is 0 Å². The van der Waals surface area contributed by atoms with Gasteiger partial charge in [0.25, 0.3) is 0 Å². The number of phenols is 1. The molecule has 14 nitrogen and oxygen atoms in total. The van der Waals surface area contributed by atoms with Gasteiger partial charge in [0.1, 0.15) is 23.9 Å². The van der Waals surface area contributed by atoms with Crippen LogP contribution < -0.4 is 33.2 Å². The van der Waals surface area contributed by atoms with Crippen LogP contribution in [-0.2, 0) is 30.4 Å². The number of carboxylic acid groups (broad SMARTS) is 1. The molecule has 0 aromatic heterocycles. The second-order valence-electron chi connectivity index (χ2n) is 8.62. The number of nitrogens with two attached hydrogens (primary N) is 3. The van der Waals surface area contributed by atoms with Crippen molar-refractivity contribution < 1.29 is 39.3 Å². The van der Waals surface area contributed by atoms with Gasteiger partial charge in [-0.1, -0.05) is 18.6 Å². The maximum atomic E-state index is 13.0. The summed E-state index contributed by atoms with van der Waals surface area (Å²) < 4.78 is 0. The fraction of sp³-hybridized carbons (Fsp3) is 0.522. The fourth-order valence-corrected chi connectivity index (χ4v) is 3.32. The van der Waals surface area contributed by atoms with Crippen LogP contribution in [0.15, 0.2) is 24.3 Å². The third-order valence-corrected chi connectivity index (χ3v) is 5.40. The second kappa shape index (κ2) is 15.4. The molecule has 4 amide bonds. The topological polar surface area (TPSA) is 260 Å². The molecule has 0 saturated carbocycles. The highest BCUT2D eigenvalue weighted by Gasteiger charge is 2.33. The number of aliphatic carboxylic acids is 1. The molecule has 1 aromatic carbocycles. The molecule has 37 heavy (non-hydrogen) atoms. The van der Waals surface area contributed by atoms with Gasteiger partial charge in [-0.25, -0.2) is 4.79 Å². The van der Waals surface area contributed by atoms with E-state index >= 15 is 0 Å². The van der Waals surface area contributed by atoms with Crippen molar-refractivity contribution in [1.29, 1.82) is 0 Å². The zero-order valence-electron chi connectivity index (χ0n) is 20.6. The van der Waals surface area contributed by atoms with E-state index in [4.69, 9.17) is 17.2 Å². The molecule has 0 spiro atoms. The number of primary amides is 1. The minimum Gasteiger partial charge on any atom is -0.508 e. The van der Waals surface area contributed by atoms with E-state index in [0.29, 0.717) is 31.4 Å². The Morgan fingerprint density at radius 2 is 1.51 bits per heavy atom. The number of aromatic hydroxyl groups is 1. The van der Waals surface area contributed by atoms with Crippen LogP contribution in [0, 0.1) is 0 Å². The summed E-state index contributed by atoms with van der Waals surface area (Å²) in [5.74, 6) is -5.10. The van der Waals surface area contributed by atoms with Crippen molar-refractivity contribution in [2.24, 2.45) is 17.2 Å². The molecule has 0 aliphatic rings. The summed E-state index contributed by atoms with van der Waals surface area (Å²) in [6, 6.07) is 0.188. The Morgan fingerprint density at radius 3 is 2.03 bits per heavy atom. The van der Waals surface area contributed by atoms with Crippen molar-refractivity contribution in [3.8, 4) is 5.75 Å². The number of amides is 4. The minimum absolute atomic E-state index is 0.0409. The average molecular weight is 525 g/mol. The zero-order chi connectivity index (χ0) is 28.1. The molecule has 0 aliphatic carbocycles. The molecule has 0 fully saturated rings. The van der Waals surface area contributed by atoms with Crippen molar-refractivity contribution in [2.75, 3.05) is 6.54 Å². The van der Waals surface area contributed by atoms with Crippen LogP contribution in [0.5, 0.6) is 5.75 Å². The number of carbonyl (C=O) groups excluding carboxylic acids is 4. The molecule has 0 heterocycles. The monoisotopic (exact) mass is 524 g/mol. The van der Waals surface area contributed by atoms with Crippen molar-refractivity contribution in [3.05, 3.63) is 29.8 Å². The van der Waals surface area contributed by atoms with E-state index < -0.39 is 66.3 Å². The lowest BCUT2D eigenvalue weighted by Gasteiger charge is -2.26.